The number of hydrogen-bond acceptors (Lipinski definition) is 12. The summed E-state index contributed by atoms with van der Waals surface area (Å²) in [4.78, 5) is 23.2. The van der Waals surface area contributed by atoms with Crippen molar-refractivity contribution in [1.82, 2.24) is 24.6 Å². The van der Waals surface area contributed by atoms with E-state index in [-0.39, 0.29) is 34.8 Å². The molecule has 3 heterocycles. The highest BCUT2D eigenvalue weighted by Gasteiger charge is 2.54. The summed E-state index contributed by atoms with van der Waals surface area (Å²) in [6.45, 7) is 5.99. The van der Waals surface area contributed by atoms with Crippen molar-refractivity contribution in [2.24, 2.45) is 0 Å². The number of fused-ring (bicyclic) bond motifs is 1. The number of esters is 1. The Balaban J connectivity index is 1.55. The Hall–Kier alpha value is -3.00. The molecule has 1 fully saturated rings. The van der Waals surface area contributed by atoms with Gasteiger partial charge in [0.2, 0.25) is 5.95 Å². The van der Waals surface area contributed by atoms with Crippen LogP contribution in [0.1, 0.15) is 33.9 Å². The number of halogens is 1. The first-order valence-corrected chi connectivity index (χ1v) is 14.0. The predicted molar refractivity (Wildman–Crippen MR) is 143 cm³/mol. The molecule has 39 heavy (non-hydrogen) atoms. The van der Waals surface area contributed by atoms with Crippen LogP contribution in [0.15, 0.2) is 36.7 Å². The first kappa shape index (κ1) is 29.0. The molecule has 6 N–H and O–H groups in total. The molecular formula is C23H31ClN7O7P. The van der Waals surface area contributed by atoms with Crippen LogP contribution in [-0.2, 0) is 23.4 Å². The van der Waals surface area contributed by atoms with Gasteiger partial charge in [0.25, 0.3) is 0 Å². The molecule has 212 valence electrons. The molecule has 16 heteroatoms. The first-order chi connectivity index (χ1) is 18.3. The Labute approximate surface area is 229 Å². The van der Waals surface area contributed by atoms with Crippen molar-refractivity contribution in [3.05, 3.63) is 36.7 Å². The second-order valence-corrected chi connectivity index (χ2v) is 12.0. The van der Waals surface area contributed by atoms with Crippen molar-refractivity contribution in [3.63, 3.8) is 0 Å². The van der Waals surface area contributed by atoms with Crippen LogP contribution in [-0.4, -0.2) is 66.4 Å². The molecular weight excluding hydrogens is 553 g/mol. The minimum atomic E-state index is -4.21. The average Bonchev–Trinajstić information content (AvgIpc) is 3.36. The van der Waals surface area contributed by atoms with E-state index in [0.717, 1.165) is 0 Å². The Bertz CT molecular complexity index is 1370. The van der Waals surface area contributed by atoms with Crippen molar-refractivity contribution < 1.29 is 33.0 Å². The zero-order chi connectivity index (χ0) is 28.5. The number of hydrogen-bond donors (Lipinski definition) is 4. The lowest BCUT2D eigenvalue weighted by atomic mass is 10.0. The number of aliphatic hydroxyl groups is 1. The van der Waals surface area contributed by atoms with E-state index in [2.05, 4.69) is 20.0 Å². The third kappa shape index (κ3) is 6.26. The number of aliphatic hydroxyl groups excluding tert-OH is 1. The molecule has 0 bridgehead atoms. The molecule has 4 rings (SSSR count). The highest BCUT2D eigenvalue weighted by molar-refractivity contribution is 7.52. The van der Waals surface area contributed by atoms with E-state index >= 15 is 0 Å². The van der Waals surface area contributed by atoms with Gasteiger partial charge in [0.05, 0.1) is 19.0 Å². The lowest BCUT2D eigenvalue weighted by Gasteiger charge is -2.26. The molecule has 1 aliphatic rings. The largest absolute Gasteiger partial charge is 0.462 e. The number of para-hydroxylation sites is 1. The number of benzene rings is 1. The summed E-state index contributed by atoms with van der Waals surface area (Å²) in [6, 6.07) is 7.22. The molecule has 0 radical (unpaired) electrons. The molecule has 14 nitrogen and oxygen atoms in total. The zero-order valence-electron chi connectivity index (χ0n) is 21.7. The Morgan fingerprint density at radius 2 is 1.97 bits per heavy atom. The lowest BCUT2D eigenvalue weighted by Crippen LogP contribution is -2.40. The van der Waals surface area contributed by atoms with Gasteiger partial charge in [0.1, 0.15) is 34.4 Å². The van der Waals surface area contributed by atoms with Crippen LogP contribution in [0.4, 0.5) is 11.8 Å². The molecule has 0 amide bonds. The number of alkyl halides is 1. The molecule has 0 unspecified atom stereocenters. The van der Waals surface area contributed by atoms with Crippen LogP contribution in [0.2, 0.25) is 0 Å². The number of imidazole rings is 1. The minimum absolute atomic E-state index is 0.0705. The van der Waals surface area contributed by atoms with E-state index in [1.165, 1.54) is 17.8 Å². The van der Waals surface area contributed by atoms with Gasteiger partial charge < -0.3 is 30.6 Å². The van der Waals surface area contributed by atoms with Gasteiger partial charge in [-0.1, -0.05) is 18.2 Å². The number of nitrogens with zero attached hydrogens (tertiary/aromatic N) is 4. The molecule has 2 aromatic heterocycles. The number of carbonyl (C=O) groups is 1. The maximum atomic E-state index is 13.8. The molecule has 3 aromatic rings. The fraction of sp³-hybridized carbons (Fsp3) is 0.478. The van der Waals surface area contributed by atoms with Crippen LogP contribution in [0, 0.1) is 0 Å². The van der Waals surface area contributed by atoms with E-state index in [1.54, 1.807) is 51.1 Å². The quantitative estimate of drug-likeness (QED) is 0.154. The summed E-state index contributed by atoms with van der Waals surface area (Å²) in [5.74, 6) is -0.429. The second kappa shape index (κ2) is 11.2. The highest BCUT2D eigenvalue weighted by atomic mass is 35.5. The summed E-state index contributed by atoms with van der Waals surface area (Å²) >= 11 is 6.74. The third-order valence-corrected chi connectivity index (χ3v) is 7.92. The number of carbonyl (C=O) groups excluding carboxylic acids is 1. The minimum Gasteiger partial charge on any atom is -0.462 e. The van der Waals surface area contributed by atoms with Crippen LogP contribution in [0.3, 0.4) is 0 Å². The van der Waals surface area contributed by atoms with Crippen molar-refractivity contribution in [1.29, 1.82) is 0 Å². The monoisotopic (exact) mass is 583 g/mol. The number of nitrogens with two attached hydrogens (primary N) is 2. The van der Waals surface area contributed by atoms with Gasteiger partial charge in [-0.2, -0.15) is 15.1 Å². The molecule has 0 aliphatic carbocycles. The average molecular weight is 584 g/mol. The van der Waals surface area contributed by atoms with Gasteiger partial charge in [0, 0.05) is 0 Å². The van der Waals surface area contributed by atoms with E-state index in [4.69, 9.17) is 41.6 Å². The fourth-order valence-electron chi connectivity index (χ4n) is 3.98. The topological polar surface area (TPSA) is 199 Å². The van der Waals surface area contributed by atoms with Crippen molar-refractivity contribution >= 4 is 48.2 Å². The summed E-state index contributed by atoms with van der Waals surface area (Å²) < 4.78 is 37.8. The number of aromatic nitrogens is 4. The maximum Gasteiger partial charge on any atom is 0.459 e. The highest BCUT2D eigenvalue weighted by Crippen LogP contribution is 2.48. The molecule has 1 saturated heterocycles. The first-order valence-electron chi connectivity index (χ1n) is 12.1. The number of nitrogen functional groups attached to an aromatic ring is 2. The van der Waals surface area contributed by atoms with Crippen molar-refractivity contribution in [2.45, 2.75) is 63.2 Å². The Kier molecular flexibility index (Phi) is 8.36. The fourth-order valence-corrected chi connectivity index (χ4v) is 5.78. The number of anilines is 2. The van der Waals surface area contributed by atoms with Gasteiger partial charge in [0.15, 0.2) is 17.7 Å². The molecule has 1 aliphatic heterocycles. The van der Waals surface area contributed by atoms with E-state index in [9.17, 15) is 14.5 Å². The third-order valence-electron chi connectivity index (χ3n) is 5.87. The summed E-state index contributed by atoms with van der Waals surface area (Å²) in [7, 11) is -4.21. The summed E-state index contributed by atoms with van der Waals surface area (Å²) in [6.07, 6.45) is -2.36. The summed E-state index contributed by atoms with van der Waals surface area (Å²) in [5, 5.41) is 13.6. The Morgan fingerprint density at radius 1 is 1.28 bits per heavy atom. The molecule has 0 saturated carbocycles. The van der Waals surface area contributed by atoms with E-state index in [0.29, 0.717) is 0 Å². The maximum absolute atomic E-state index is 13.8. The standard InChI is InChI=1S/C23H31ClN7O7P/c1-12(2)36-20(33)13(3)30-39(34,38-14-8-6-5-7-9-14)35-10-15-17(32)23(4,24)21(37-15)31-11-27-16-18(25)28-22(26)29-19(16)31/h5-9,11-13,15,17,21,32H,10H2,1-4H3,(H,30,34)(H4,25,26,28,29)/t13-,15-,17-,21-,23-,39-/m1/s1. The van der Waals surface area contributed by atoms with Crippen molar-refractivity contribution in [3.8, 4) is 5.75 Å². The van der Waals surface area contributed by atoms with Crippen LogP contribution < -0.4 is 21.1 Å². The molecule has 1 aromatic carbocycles. The lowest BCUT2D eigenvalue weighted by molar-refractivity contribution is -0.149. The SMILES string of the molecule is CC(C)OC(=O)[C@@H](C)N[P@@](=O)(OC[C@H]1O[C@@H](n2cnc3c(N)nc(N)nc32)[C@](C)(Cl)[C@@H]1O)Oc1ccccc1. The van der Waals surface area contributed by atoms with Gasteiger partial charge in [-0.25, -0.2) is 9.55 Å². The summed E-state index contributed by atoms with van der Waals surface area (Å²) in [5.41, 5.74) is 12.2. The predicted octanol–water partition coefficient (Wildman–Crippen LogP) is 2.38. The van der Waals surface area contributed by atoms with Gasteiger partial charge >= 0.3 is 13.7 Å². The van der Waals surface area contributed by atoms with Gasteiger partial charge in [-0.3, -0.25) is 13.9 Å². The normalized spacial score (nSPS) is 25.5. The van der Waals surface area contributed by atoms with E-state index < -0.39 is 49.7 Å². The van der Waals surface area contributed by atoms with Gasteiger partial charge in [-0.05, 0) is 39.8 Å². The number of rotatable bonds is 10. The Morgan fingerprint density at radius 3 is 2.64 bits per heavy atom. The number of nitrogens with one attached hydrogen (secondary N) is 1. The van der Waals surface area contributed by atoms with E-state index in [1.807, 2.05) is 0 Å². The van der Waals surface area contributed by atoms with Crippen molar-refractivity contribution in [2.75, 3.05) is 18.1 Å². The zero-order valence-corrected chi connectivity index (χ0v) is 23.4. The smallest absolute Gasteiger partial charge is 0.459 e. The van der Waals surface area contributed by atoms with Gasteiger partial charge in [-0.15, -0.1) is 11.6 Å². The second-order valence-electron chi connectivity index (χ2n) is 9.45. The molecule has 0 spiro atoms. The van der Waals surface area contributed by atoms with Crippen LogP contribution >= 0.6 is 19.3 Å². The molecule has 6 atom stereocenters. The van der Waals surface area contributed by atoms with Crippen LogP contribution in [0.5, 0.6) is 5.75 Å². The van der Waals surface area contributed by atoms with Crippen LogP contribution in [0.25, 0.3) is 11.2 Å². The number of ether oxygens (including phenoxy) is 2.